The van der Waals surface area contributed by atoms with E-state index < -0.39 is 10.0 Å². The van der Waals surface area contributed by atoms with Gasteiger partial charge in [0.1, 0.15) is 0 Å². The number of hydrogen-bond donors (Lipinski definition) is 3. The Bertz CT molecular complexity index is 811. The highest BCUT2D eigenvalue weighted by molar-refractivity contribution is 7.89. The van der Waals surface area contributed by atoms with Crippen molar-refractivity contribution in [2.75, 3.05) is 31.6 Å². The molecule has 0 spiro atoms. The van der Waals surface area contributed by atoms with Crippen LogP contribution in [0.15, 0.2) is 29.2 Å². The minimum Gasteiger partial charge on any atom is -0.395 e. The third-order valence-electron chi connectivity index (χ3n) is 3.01. The van der Waals surface area contributed by atoms with Gasteiger partial charge in [0.15, 0.2) is 0 Å². The second-order valence-electron chi connectivity index (χ2n) is 4.70. The highest BCUT2D eigenvalue weighted by atomic mass is 35.5. The molecule has 1 heterocycles. The van der Waals surface area contributed by atoms with Crippen molar-refractivity contribution < 1.29 is 18.6 Å². The first kappa shape index (κ1) is 19.8. The molecular weight excluding hydrogens is 393 g/mol. The van der Waals surface area contributed by atoms with E-state index in [2.05, 4.69) is 20.3 Å². The zero-order valence-corrected chi connectivity index (χ0v) is 15.1. The summed E-state index contributed by atoms with van der Waals surface area (Å²) in [6.45, 7) is -0.976. The Morgan fingerprint density at radius 1 is 1.04 bits per heavy atom. The van der Waals surface area contributed by atoms with E-state index in [0.29, 0.717) is 5.69 Å². The maximum Gasteiger partial charge on any atom is 0.243 e. The molecule has 25 heavy (non-hydrogen) atoms. The molecule has 0 fully saturated rings. The zero-order valence-electron chi connectivity index (χ0n) is 12.8. The lowest BCUT2D eigenvalue weighted by atomic mass is 10.3. The molecule has 0 aliphatic carbocycles. The largest absolute Gasteiger partial charge is 0.395 e. The minimum absolute atomic E-state index is 0.0225. The van der Waals surface area contributed by atoms with Gasteiger partial charge in [-0.15, -0.1) is 0 Å². The topological polar surface area (TPSA) is 129 Å². The molecule has 2 aromatic rings. The van der Waals surface area contributed by atoms with Crippen molar-refractivity contribution in [1.29, 1.82) is 0 Å². The summed E-state index contributed by atoms with van der Waals surface area (Å²) in [6, 6.07) is 5.89. The van der Waals surface area contributed by atoms with Gasteiger partial charge >= 0.3 is 0 Å². The van der Waals surface area contributed by atoms with Gasteiger partial charge in [0.05, 0.1) is 18.1 Å². The molecule has 0 aliphatic heterocycles. The third kappa shape index (κ3) is 5.21. The predicted molar refractivity (Wildman–Crippen MR) is 92.5 cm³/mol. The lowest BCUT2D eigenvalue weighted by molar-refractivity contribution is 0.217. The lowest BCUT2D eigenvalue weighted by Crippen LogP contribution is -2.35. The quantitative estimate of drug-likeness (QED) is 0.588. The number of aliphatic hydroxyl groups excluding tert-OH is 2. The van der Waals surface area contributed by atoms with Crippen molar-refractivity contribution in [2.24, 2.45) is 0 Å². The normalized spacial score (nSPS) is 11.7. The monoisotopic (exact) mass is 407 g/mol. The predicted octanol–water partition coefficient (Wildman–Crippen LogP) is 0.897. The van der Waals surface area contributed by atoms with Gasteiger partial charge in [-0.3, -0.25) is 0 Å². The number of benzene rings is 1. The van der Waals surface area contributed by atoms with Crippen LogP contribution >= 0.6 is 23.2 Å². The van der Waals surface area contributed by atoms with Gasteiger partial charge in [0.2, 0.25) is 26.5 Å². The average molecular weight is 408 g/mol. The van der Waals surface area contributed by atoms with E-state index in [1.165, 1.54) is 18.2 Å². The van der Waals surface area contributed by atoms with Crippen LogP contribution in [0, 0.1) is 0 Å². The molecule has 1 aromatic carbocycles. The molecular formula is C13H15Cl2N5O4S. The van der Waals surface area contributed by atoms with Gasteiger partial charge in [0, 0.05) is 18.8 Å². The molecule has 0 atom stereocenters. The van der Waals surface area contributed by atoms with Crippen LogP contribution in [0.25, 0.3) is 0 Å². The van der Waals surface area contributed by atoms with Crippen molar-refractivity contribution in [3.8, 4) is 0 Å². The SMILES string of the molecule is O=S(=O)(c1cccc(Nc2nc(Cl)nc(Cl)n2)c1)N(CCO)CCO. The van der Waals surface area contributed by atoms with Gasteiger partial charge in [-0.25, -0.2) is 8.42 Å². The summed E-state index contributed by atoms with van der Waals surface area (Å²) in [7, 11) is -3.89. The number of aliphatic hydroxyl groups is 2. The molecule has 12 heteroatoms. The molecule has 0 aliphatic rings. The summed E-state index contributed by atoms with van der Waals surface area (Å²) >= 11 is 11.4. The summed E-state index contributed by atoms with van der Waals surface area (Å²) < 4.78 is 26.2. The molecule has 0 amide bonds. The molecule has 0 bridgehead atoms. The fourth-order valence-electron chi connectivity index (χ4n) is 1.97. The van der Waals surface area contributed by atoms with Crippen LogP contribution < -0.4 is 5.32 Å². The van der Waals surface area contributed by atoms with Crippen molar-refractivity contribution in [2.45, 2.75) is 4.90 Å². The van der Waals surface area contributed by atoms with Gasteiger partial charge in [-0.05, 0) is 41.4 Å². The third-order valence-corrected chi connectivity index (χ3v) is 5.24. The molecule has 2 rings (SSSR count). The number of halogens is 2. The standard InChI is InChI=1S/C13H15Cl2N5O4S/c14-11-17-12(15)19-13(18-11)16-9-2-1-3-10(8-9)25(23,24)20(4-6-21)5-7-22/h1-3,8,21-22H,4-7H2,(H,16,17,18,19). The first-order valence-electron chi connectivity index (χ1n) is 7.03. The number of hydrogen-bond acceptors (Lipinski definition) is 8. The summed E-state index contributed by atoms with van der Waals surface area (Å²) in [5, 5.41) is 20.6. The van der Waals surface area contributed by atoms with E-state index in [9.17, 15) is 8.42 Å². The van der Waals surface area contributed by atoms with Crippen LogP contribution in [-0.4, -0.2) is 64.2 Å². The second-order valence-corrected chi connectivity index (χ2v) is 7.32. The van der Waals surface area contributed by atoms with Crippen LogP contribution in [0.1, 0.15) is 0 Å². The van der Waals surface area contributed by atoms with Crippen molar-refractivity contribution in [3.05, 3.63) is 34.8 Å². The first-order chi connectivity index (χ1) is 11.9. The average Bonchev–Trinajstić information content (AvgIpc) is 2.54. The van der Waals surface area contributed by atoms with Crippen molar-refractivity contribution in [1.82, 2.24) is 19.3 Å². The van der Waals surface area contributed by atoms with Gasteiger partial charge in [0.25, 0.3) is 0 Å². The number of rotatable bonds is 8. The fourth-order valence-corrected chi connectivity index (χ4v) is 3.80. The summed E-state index contributed by atoms with van der Waals surface area (Å²) in [5.41, 5.74) is 0.382. The Morgan fingerprint density at radius 3 is 2.20 bits per heavy atom. The van der Waals surface area contributed by atoms with E-state index in [0.717, 1.165) is 4.31 Å². The Hall–Kier alpha value is -1.56. The number of nitrogens with zero attached hydrogens (tertiary/aromatic N) is 4. The molecule has 0 radical (unpaired) electrons. The summed E-state index contributed by atoms with van der Waals surface area (Å²) in [6.07, 6.45) is 0. The first-order valence-corrected chi connectivity index (χ1v) is 9.22. The van der Waals surface area contributed by atoms with Crippen molar-refractivity contribution >= 4 is 44.9 Å². The molecule has 0 saturated carbocycles. The van der Waals surface area contributed by atoms with E-state index in [-0.39, 0.29) is 47.7 Å². The van der Waals surface area contributed by atoms with Gasteiger partial charge < -0.3 is 15.5 Å². The maximum atomic E-state index is 12.6. The zero-order chi connectivity index (χ0) is 18.4. The van der Waals surface area contributed by atoms with Gasteiger partial charge in [-0.1, -0.05) is 6.07 Å². The Morgan fingerprint density at radius 2 is 1.64 bits per heavy atom. The molecule has 3 N–H and O–H groups in total. The van der Waals surface area contributed by atoms with E-state index in [1.807, 2.05) is 0 Å². The van der Waals surface area contributed by atoms with Crippen molar-refractivity contribution in [3.63, 3.8) is 0 Å². The summed E-state index contributed by atoms with van der Waals surface area (Å²) in [4.78, 5) is 11.3. The smallest absolute Gasteiger partial charge is 0.243 e. The molecule has 1 aromatic heterocycles. The van der Waals surface area contributed by atoms with Crippen LogP contribution in [0.3, 0.4) is 0 Å². The number of sulfonamides is 1. The number of nitrogens with one attached hydrogen (secondary N) is 1. The van der Waals surface area contributed by atoms with E-state index in [4.69, 9.17) is 33.4 Å². The Kier molecular flexibility index (Phi) is 6.87. The highest BCUT2D eigenvalue weighted by Gasteiger charge is 2.23. The number of aromatic nitrogens is 3. The van der Waals surface area contributed by atoms with Crippen LogP contribution in [0.4, 0.5) is 11.6 Å². The number of anilines is 2. The Balaban J connectivity index is 2.31. The summed E-state index contributed by atoms with van der Waals surface area (Å²) in [5.74, 6) is 0.0575. The Labute approximate surface area is 154 Å². The van der Waals surface area contributed by atoms with E-state index in [1.54, 1.807) is 6.07 Å². The molecule has 0 saturated heterocycles. The second kappa shape index (κ2) is 8.70. The molecule has 0 unspecified atom stereocenters. The van der Waals surface area contributed by atoms with Crippen LogP contribution in [0.2, 0.25) is 10.6 Å². The lowest BCUT2D eigenvalue weighted by Gasteiger charge is -2.20. The van der Waals surface area contributed by atoms with Crippen LogP contribution in [-0.2, 0) is 10.0 Å². The van der Waals surface area contributed by atoms with E-state index >= 15 is 0 Å². The van der Waals surface area contributed by atoms with Crippen LogP contribution in [0.5, 0.6) is 0 Å². The molecule has 136 valence electrons. The fraction of sp³-hybridized carbons (Fsp3) is 0.308. The van der Waals surface area contributed by atoms with Gasteiger partial charge in [-0.2, -0.15) is 19.3 Å². The molecule has 9 nitrogen and oxygen atoms in total. The highest BCUT2D eigenvalue weighted by Crippen LogP contribution is 2.22. The minimum atomic E-state index is -3.89. The maximum absolute atomic E-state index is 12.6.